The summed E-state index contributed by atoms with van der Waals surface area (Å²) in [4.78, 5) is 0. The van der Waals surface area contributed by atoms with Gasteiger partial charge in [-0.05, 0) is 93.8 Å². The molecule has 158 valence electrons. The summed E-state index contributed by atoms with van der Waals surface area (Å²) < 4.78 is 13.2. The van der Waals surface area contributed by atoms with Crippen LogP contribution in [-0.4, -0.2) is 24.4 Å². The van der Waals surface area contributed by atoms with Crippen LogP contribution in [0.4, 0.5) is 0 Å². The number of allylic oxidation sites excluding steroid dienone is 1. The van der Waals surface area contributed by atoms with Crippen LogP contribution in [0.5, 0.6) is 0 Å². The molecule has 0 amide bonds. The lowest BCUT2D eigenvalue weighted by Crippen LogP contribution is -2.50. The van der Waals surface area contributed by atoms with Crippen molar-refractivity contribution < 1.29 is 9.47 Å². The van der Waals surface area contributed by atoms with Crippen LogP contribution in [0.2, 0.25) is 0 Å². The van der Waals surface area contributed by atoms with Crippen molar-refractivity contribution in [1.82, 2.24) is 0 Å². The van der Waals surface area contributed by atoms with Gasteiger partial charge in [-0.2, -0.15) is 0 Å². The van der Waals surface area contributed by atoms with E-state index in [2.05, 4.69) is 26.5 Å². The van der Waals surface area contributed by atoms with Crippen LogP contribution in [0, 0.1) is 41.4 Å². The highest BCUT2D eigenvalue weighted by Gasteiger charge is 2.52. The summed E-state index contributed by atoms with van der Waals surface area (Å²) in [6, 6.07) is 0. The Labute approximate surface area is 172 Å². The molecule has 4 aliphatic carbocycles. The normalized spacial score (nSPS) is 47.9. The summed E-state index contributed by atoms with van der Waals surface area (Å²) in [7, 11) is 0. The monoisotopic (exact) mass is 386 g/mol. The van der Waals surface area contributed by atoms with Crippen LogP contribution in [-0.2, 0) is 9.47 Å². The van der Waals surface area contributed by atoms with Crippen molar-refractivity contribution in [2.45, 2.75) is 102 Å². The lowest BCUT2D eigenvalue weighted by atomic mass is 9.51. The Bertz CT molecular complexity index is 541. The van der Waals surface area contributed by atoms with Gasteiger partial charge in [0.2, 0.25) is 0 Å². The van der Waals surface area contributed by atoms with Crippen LogP contribution in [0.1, 0.15) is 84.5 Å². The first-order valence-electron chi connectivity index (χ1n) is 12.5. The Kier molecular flexibility index (Phi) is 5.41. The molecule has 2 heteroatoms. The molecule has 6 unspecified atom stereocenters. The third-order valence-electron chi connectivity index (χ3n) is 9.21. The highest BCUT2D eigenvalue weighted by molar-refractivity contribution is 5.04. The molecule has 0 aromatic carbocycles. The van der Waals surface area contributed by atoms with Crippen molar-refractivity contribution in [2.24, 2.45) is 41.4 Å². The van der Waals surface area contributed by atoms with Gasteiger partial charge in [0.05, 0.1) is 24.4 Å². The Morgan fingerprint density at radius 1 is 0.893 bits per heavy atom. The first-order valence-corrected chi connectivity index (χ1v) is 12.5. The van der Waals surface area contributed by atoms with Gasteiger partial charge in [0.1, 0.15) is 0 Å². The van der Waals surface area contributed by atoms with Gasteiger partial charge in [0.25, 0.3) is 0 Å². The van der Waals surface area contributed by atoms with E-state index in [9.17, 15) is 0 Å². The van der Waals surface area contributed by atoms with Gasteiger partial charge in [0.15, 0.2) is 0 Å². The minimum Gasteiger partial charge on any atom is -0.375 e. The molecule has 1 heterocycles. The third-order valence-corrected chi connectivity index (χ3v) is 9.21. The standard InChI is InChI=1S/C26H42O2/c1-4-18-19-9-5-7-11-21(19)23(22-12-8-6-10-20(18)22)16-27-24-15-26(2,3)28-25(24)17-13-14-17/h4,17-25H,1,5-16H2,2-3H3. The van der Waals surface area contributed by atoms with Crippen LogP contribution < -0.4 is 0 Å². The molecule has 28 heavy (non-hydrogen) atoms. The molecule has 2 nitrogen and oxygen atoms in total. The fourth-order valence-electron chi connectivity index (χ4n) is 7.93. The van der Waals surface area contributed by atoms with Gasteiger partial charge in [-0.3, -0.25) is 0 Å². The zero-order chi connectivity index (χ0) is 19.3. The van der Waals surface area contributed by atoms with E-state index in [1.54, 1.807) is 0 Å². The minimum atomic E-state index is -0.000822. The number of hydrogen-bond donors (Lipinski definition) is 0. The van der Waals surface area contributed by atoms with Gasteiger partial charge in [0, 0.05) is 6.42 Å². The van der Waals surface area contributed by atoms with Crippen LogP contribution in [0.3, 0.4) is 0 Å². The molecule has 0 bridgehead atoms. The highest BCUT2D eigenvalue weighted by Crippen LogP contribution is 2.56. The van der Waals surface area contributed by atoms with E-state index in [4.69, 9.17) is 9.47 Å². The third kappa shape index (κ3) is 3.62. The average Bonchev–Trinajstić information content (AvgIpc) is 3.49. The summed E-state index contributed by atoms with van der Waals surface area (Å²) in [6.07, 6.45) is 18.3. The van der Waals surface area contributed by atoms with Crippen molar-refractivity contribution >= 4 is 0 Å². The van der Waals surface area contributed by atoms with Crippen LogP contribution in [0.15, 0.2) is 12.7 Å². The maximum Gasteiger partial charge on any atom is 0.0873 e. The zero-order valence-corrected chi connectivity index (χ0v) is 18.3. The number of rotatable bonds is 5. The minimum absolute atomic E-state index is 0.000822. The van der Waals surface area contributed by atoms with E-state index in [1.165, 1.54) is 64.2 Å². The summed E-state index contributed by atoms with van der Waals surface area (Å²) in [5.74, 6) is 5.87. The molecule has 6 atom stereocenters. The van der Waals surface area contributed by atoms with E-state index < -0.39 is 0 Å². The van der Waals surface area contributed by atoms with Gasteiger partial charge in [-0.1, -0.05) is 31.8 Å². The fraction of sp³-hybridized carbons (Fsp3) is 0.923. The second-order valence-electron chi connectivity index (χ2n) is 11.5. The van der Waals surface area contributed by atoms with E-state index >= 15 is 0 Å². The summed E-state index contributed by atoms with van der Waals surface area (Å²) in [5.41, 5.74) is -0.000822. The maximum absolute atomic E-state index is 6.81. The molecule has 0 N–H and O–H groups in total. The molecule has 0 radical (unpaired) electrons. The largest absolute Gasteiger partial charge is 0.375 e. The van der Waals surface area contributed by atoms with Crippen molar-refractivity contribution in [3.8, 4) is 0 Å². The summed E-state index contributed by atoms with van der Waals surface area (Å²) in [5, 5.41) is 0. The van der Waals surface area contributed by atoms with Gasteiger partial charge < -0.3 is 9.47 Å². The molecule has 1 saturated heterocycles. The lowest BCUT2D eigenvalue weighted by molar-refractivity contribution is -0.106. The Hall–Kier alpha value is -0.340. The highest BCUT2D eigenvalue weighted by atomic mass is 16.6. The van der Waals surface area contributed by atoms with Gasteiger partial charge in [-0.15, -0.1) is 6.58 Å². The van der Waals surface area contributed by atoms with Crippen molar-refractivity contribution in [1.29, 1.82) is 0 Å². The summed E-state index contributed by atoms with van der Waals surface area (Å²) >= 11 is 0. The second kappa shape index (κ2) is 7.73. The van der Waals surface area contributed by atoms with Gasteiger partial charge in [-0.25, -0.2) is 0 Å². The Morgan fingerprint density at radius 2 is 1.46 bits per heavy atom. The molecular weight excluding hydrogens is 344 g/mol. The SMILES string of the molecule is C=CC1C2CCCCC2C(COC2CC(C)(C)OC2C2CC2)C2CCCCC12. The molecule has 4 saturated carbocycles. The molecule has 5 aliphatic rings. The van der Waals surface area contributed by atoms with Crippen LogP contribution >= 0.6 is 0 Å². The molecule has 0 aromatic rings. The summed E-state index contributed by atoms with van der Waals surface area (Å²) in [6.45, 7) is 9.82. The second-order valence-corrected chi connectivity index (χ2v) is 11.5. The molecule has 0 aromatic heterocycles. The Balaban J connectivity index is 1.33. The molecule has 0 spiro atoms. The predicted octanol–water partition coefficient (Wildman–Crippen LogP) is 6.39. The topological polar surface area (TPSA) is 18.5 Å². The number of ether oxygens (including phenoxy) is 2. The predicted molar refractivity (Wildman–Crippen MR) is 114 cm³/mol. The van der Waals surface area contributed by atoms with Crippen molar-refractivity contribution in [2.75, 3.05) is 6.61 Å². The number of fused-ring (bicyclic) bond motifs is 2. The first-order chi connectivity index (χ1) is 13.6. The van der Waals surface area contributed by atoms with E-state index in [1.807, 2.05) is 0 Å². The van der Waals surface area contributed by atoms with E-state index in [0.29, 0.717) is 12.2 Å². The quantitative estimate of drug-likeness (QED) is 0.509. The Morgan fingerprint density at radius 3 is 2.00 bits per heavy atom. The average molecular weight is 387 g/mol. The van der Waals surface area contributed by atoms with E-state index in [0.717, 1.165) is 54.5 Å². The molecule has 5 rings (SSSR count). The zero-order valence-electron chi connectivity index (χ0n) is 18.3. The van der Waals surface area contributed by atoms with Crippen molar-refractivity contribution in [3.05, 3.63) is 12.7 Å². The maximum atomic E-state index is 6.81. The number of hydrogen-bond acceptors (Lipinski definition) is 2. The molecular formula is C26H42O2. The fourth-order valence-corrected chi connectivity index (χ4v) is 7.93. The molecule has 5 fully saturated rings. The van der Waals surface area contributed by atoms with E-state index in [-0.39, 0.29) is 5.60 Å². The van der Waals surface area contributed by atoms with Crippen LogP contribution in [0.25, 0.3) is 0 Å². The first kappa shape index (κ1) is 19.6. The van der Waals surface area contributed by atoms with Gasteiger partial charge >= 0.3 is 0 Å². The van der Waals surface area contributed by atoms with Crippen molar-refractivity contribution in [3.63, 3.8) is 0 Å². The smallest absolute Gasteiger partial charge is 0.0873 e. The lowest BCUT2D eigenvalue weighted by Gasteiger charge is -2.55. The molecule has 1 aliphatic heterocycles.